The summed E-state index contributed by atoms with van der Waals surface area (Å²) in [7, 11) is 1.13. The molecule has 1 aliphatic carbocycles. The van der Waals surface area contributed by atoms with Crippen molar-refractivity contribution in [2.45, 2.75) is 57.2 Å². The van der Waals surface area contributed by atoms with E-state index >= 15 is 0 Å². The molecule has 0 heterocycles. The lowest BCUT2D eigenvalue weighted by atomic mass is 9.95. The molecule has 0 aromatic rings. The molecule has 6 heteroatoms. The van der Waals surface area contributed by atoms with Crippen LogP contribution in [0.3, 0.4) is 0 Å². The van der Waals surface area contributed by atoms with Gasteiger partial charge in [-0.25, -0.2) is 0 Å². The average Bonchev–Trinajstić information content (AvgIpc) is 2.49. The Morgan fingerprint density at radius 2 is 2.19 bits per heavy atom. The smallest absolute Gasteiger partial charge is 0.191 e. The Morgan fingerprint density at radius 3 is 2.81 bits per heavy atom. The Morgan fingerprint density at radius 1 is 1.43 bits per heavy atom. The number of aliphatic imine (C=N–C) groups is 1. The van der Waals surface area contributed by atoms with Crippen molar-refractivity contribution in [2.75, 3.05) is 19.3 Å². The molecule has 0 bridgehead atoms. The van der Waals surface area contributed by atoms with Crippen molar-refractivity contribution in [2.24, 2.45) is 4.99 Å². The van der Waals surface area contributed by atoms with E-state index in [1.165, 1.54) is 0 Å². The molecular formula is C15H30IN3OS. The van der Waals surface area contributed by atoms with Gasteiger partial charge >= 0.3 is 0 Å². The van der Waals surface area contributed by atoms with Crippen LogP contribution in [0, 0.1) is 0 Å². The average molecular weight is 427 g/mol. The molecule has 0 aliphatic heterocycles. The normalized spacial score (nSPS) is 24.4. The maximum Gasteiger partial charge on any atom is 0.191 e. The summed E-state index contributed by atoms with van der Waals surface area (Å²) in [5.41, 5.74) is 0. The lowest BCUT2D eigenvalue weighted by Gasteiger charge is -2.30. The second-order valence-electron chi connectivity index (χ2n) is 5.16. The topological polar surface area (TPSA) is 53.5 Å². The highest BCUT2D eigenvalue weighted by Crippen LogP contribution is 2.22. The van der Waals surface area contributed by atoms with Crippen molar-refractivity contribution in [1.29, 1.82) is 0 Å². The van der Waals surface area contributed by atoms with E-state index in [1.54, 1.807) is 7.05 Å². The quantitative estimate of drug-likeness (QED) is 0.225. The van der Waals surface area contributed by atoms with Gasteiger partial charge < -0.3 is 10.6 Å². The van der Waals surface area contributed by atoms with Gasteiger partial charge in [0, 0.05) is 41.4 Å². The van der Waals surface area contributed by atoms with Crippen molar-refractivity contribution in [3.05, 3.63) is 12.2 Å². The van der Waals surface area contributed by atoms with Crippen LogP contribution in [0.4, 0.5) is 0 Å². The lowest BCUT2D eigenvalue weighted by Crippen LogP contribution is -2.46. The monoisotopic (exact) mass is 427 g/mol. The highest BCUT2D eigenvalue weighted by molar-refractivity contribution is 14.0. The predicted octanol–water partition coefficient (Wildman–Crippen LogP) is 2.82. The Hall–Kier alpha value is -0.110. The zero-order chi connectivity index (χ0) is 14.8. The van der Waals surface area contributed by atoms with E-state index in [2.05, 4.69) is 27.8 Å². The van der Waals surface area contributed by atoms with Gasteiger partial charge in [-0.2, -0.15) is 0 Å². The highest BCUT2D eigenvalue weighted by Gasteiger charge is 2.25. The molecule has 3 unspecified atom stereocenters. The van der Waals surface area contributed by atoms with Crippen molar-refractivity contribution >= 4 is 40.7 Å². The molecule has 0 saturated heterocycles. The Kier molecular flexibility index (Phi) is 12.4. The van der Waals surface area contributed by atoms with Crippen LogP contribution in [0.1, 0.15) is 46.0 Å². The number of hydrogen-bond donors (Lipinski definition) is 2. The number of guanidine groups is 1. The van der Waals surface area contributed by atoms with E-state index in [4.69, 9.17) is 0 Å². The van der Waals surface area contributed by atoms with Gasteiger partial charge in [0.1, 0.15) is 0 Å². The molecular weight excluding hydrogens is 397 g/mol. The molecule has 0 aromatic carbocycles. The lowest BCUT2D eigenvalue weighted by molar-refractivity contribution is 0.413. The maximum absolute atomic E-state index is 11.9. The first-order chi connectivity index (χ1) is 9.71. The summed E-state index contributed by atoms with van der Waals surface area (Å²) in [5, 5.41) is 7.15. The van der Waals surface area contributed by atoms with Crippen LogP contribution in [0.15, 0.2) is 17.1 Å². The number of hydrogen-bond acceptors (Lipinski definition) is 2. The van der Waals surface area contributed by atoms with Gasteiger partial charge in [-0.1, -0.05) is 25.5 Å². The second kappa shape index (κ2) is 12.4. The molecule has 0 spiro atoms. The largest absolute Gasteiger partial charge is 0.356 e. The summed E-state index contributed by atoms with van der Waals surface area (Å²) in [6, 6.07) is 0.400. The molecule has 1 aliphatic rings. The van der Waals surface area contributed by atoms with Crippen LogP contribution < -0.4 is 10.6 Å². The van der Waals surface area contributed by atoms with Crippen molar-refractivity contribution in [3.8, 4) is 0 Å². The molecule has 1 rings (SSSR count). The maximum atomic E-state index is 11.9. The molecule has 1 saturated carbocycles. The highest BCUT2D eigenvalue weighted by atomic mass is 127. The Labute approximate surface area is 149 Å². The third-order valence-corrected chi connectivity index (χ3v) is 5.43. The minimum atomic E-state index is -0.668. The fourth-order valence-corrected chi connectivity index (χ4v) is 3.93. The first-order valence-electron chi connectivity index (χ1n) is 7.66. The van der Waals surface area contributed by atoms with Gasteiger partial charge in [-0.3, -0.25) is 9.20 Å². The number of nitrogens with zero attached hydrogens (tertiary/aromatic N) is 1. The van der Waals surface area contributed by atoms with E-state index in [0.717, 1.165) is 50.4 Å². The molecule has 3 atom stereocenters. The molecule has 0 aromatic heterocycles. The standard InChI is InChI=1S/C15H29N3OS.HI/c1-4-6-7-11-17-15(16-3)18-13-9-8-10-14(12-13)20(19)5-2;/h4,6,13-14H,5,7-12H2,1-3H3,(H2,16,17,18);1H/b6-4+;. The predicted molar refractivity (Wildman–Crippen MR) is 104 cm³/mol. The first kappa shape index (κ1) is 20.9. The molecule has 0 amide bonds. The van der Waals surface area contributed by atoms with Crippen LogP contribution in [0.5, 0.6) is 0 Å². The number of allylic oxidation sites excluding steroid dienone is 1. The minimum Gasteiger partial charge on any atom is -0.356 e. The fourth-order valence-electron chi connectivity index (χ4n) is 2.58. The summed E-state index contributed by atoms with van der Waals surface area (Å²) in [6.07, 6.45) is 9.61. The number of rotatable bonds is 6. The second-order valence-corrected chi connectivity index (χ2v) is 7.16. The van der Waals surface area contributed by atoms with Gasteiger partial charge in [0.25, 0.3) is 0 Å². The third kappa shape index (κ3) is 8.18. The summed E-state index contributed by atoms with van der Waals surface area (Å²) >= 11 is 0. The molecule has 4 nitrogen and oxygen atoms in total. The molecule has 21 heavy (non-hydrogen) atoms. The van der Waals surface area contributed by atoms with E-state index < -0.39 is 10.8 Å². The molecule has 2 N–H and O–H groups in total. The van der Waals surface area contributed by atoms with Gasteiger partial charge in [0.05, 0.1) is 0 Å². The zero-order valence-corrected chi connectivity index (χ0v) is 16.6. The van der Waals surface area contributed by atoms with Crippen LogP contribution in [-0.2, 0) is 10.8 Å². The number of halogens is 1. The summed E-state index contributed by atoms with van der Waals surface area (Å²) in [6.45, 7) is 4.93. The Balaban J connectivity index is 0.00000400. The van der Waals surface area contributed by atoms with E-state index in [1.807, 2.05) is 13.8 Å². The van der Waals surface area contributed by atoms with Crippen molar-refractivity contribution in [1.82, 2.24) is 10.6 Å². The van der Waals surface area contributed by atoms with Crippen molar-refractivity contribution < 1.29 is 4.21 Å². The van der Waals surface area contributed by atoms with Crippen molar-refractivity contribution in [3.63, 3.8) is 0 Å². The van der Waals surface area contributed by atoms with Gasteiger partial charge in [0.2, 0.25) is 0 Å². The number of nitrogens with one attached hydrogen (secondary N) is 2. The van der Waals surface area contributed by atoms with Gasteiger partial charge in [0.15, 0.2) is 5.96 Å². The van der Waals surface area contributed by atoms with E-state index in [-0.39, 0.29) is 24.0 Å². The summed E-state index contributed by atoms with van der Waals surface area (Å²) < 4.78 is 11.9. The SMILES string of the molecule is C/C=C/CCNC(=NC)NC1CCCC(S(=O)CC)C1.I. The molecule has 0 radical (unpaired) electrons. The molecule has 124 valence electrons. The molecule has 1 fully saturated rings. The Bertz CT molecular complexity index is 361. The van der Waals surface area contributed by atoms with Gasteiger partial charge in [-0.15, -0.1) is 24.0 Å². The van der Waals surface area contributed by atoms with Gasteiger partial charge in [-0.05, 0) is 32.6 Å². The third-order valence-electron chi connectivity index (χ3n) is 3.69. The van der Waals surface area contributed by atoms with E-state index in [9.17, 15) is 4.21 Å². The van der Waals surface area contributed by atoms with Crippen LogP contribution >= 0.6 is 24.0 Å². The first-order valence-corrected chi connectivity index (χ1v) is 9.05. The van der Waals surface area contributed by atoms with Crippen LogP contribution in [0.25, 0.3) is 0 Å². The fraction of sp³-hybridized carbons (Fsp3) is 0.800. The van der Waals surface area contributed by atoms with E-state index in [0.29, 0.717) is 11.3 Å². The summed E-state index contributed by atoms with van der Waals surface area (Å²) in [5.74, 6) is 1.63. The van der Waals surface area contributed by atoms with Crippen LogP contribution in [0.2, 0.25) is 0 Å². The summed E-state index contributed by atoms with van der Waals surface area (Å²) in [4.78, 5) is 4.26. The zero-order valence-electron chi connectivity index (χ0n) is 13.4. The minimum absolute atomic E-state index is 0. The van der Waals surface area contributed by atoms with Crippen LogP contribution in [-0.4, -0.2) is 40.8 Å².